The van der Waals surface area contributed by atoms with E-state index in [4.69, 9.17) is 14.7 Å². The number of aryl methyl sites for hydroxylation is 2. The number of rotatable bonds is 3. The van der Waals surface area contributed by atoms with Crippen LogP contribution >= 0.6 is 0 Å². The van der Waals surface area contributed by atoms with Gasteiger partial charge in [-0.05, 0) is 43.7 Å². The maximum absolute atomic E-state index is 13.0. The average Bonchev–Trinajstić information content (AvgIpc) is 3.47. The average molecular weight is 471 g/mol. The molecule has 0 unspecified atom stereocenters. The van der Waals surface area contributed by atoms with E-state index in [0.717, 1.165) is 76.4 Å². The third-order valence-corrected chi connectivity index (χ3v) is 7.48. The van der Waals surface area contributed by atoms with Gasteiger partial charge in [0.2, 0.25) is 5.91 Å². The quantitative estimate of drug-likeness (QED) is 0.448. The number of nitrogens with zero attached hydrogens (tertiary/aromatic N) is 6. The molecule has 2 aliphatic heterocycles. The molecule has 0 N–H and O–H groups in total. The van der Waals surface area contributed by atoms with Crippen LogP contribution in [0.15, 0.2) is 36.8 Å². The zero-order valence-corrected chi connectivity index (χ0v) is 20.7. The van der Waals surface area contributed by atoms with Crippen LogP contribution in [-0.4, -0.2) is 55.4 Å². The van der Waals surface area contributed by atoms with E-state index in [0.29, 0.717) is 12.5 Å². The minimum Gasteiger partial charge on any atom is -0.381 e. The van der Waals surface area contributed by atoms with E-state index in [1.54, 1.807) is 4.68 Å². The van der Waals surface area contributed by atoms with Gasteiger partial charge < -0.3 is 14.2 Å². The highest BCUT2D eigenvalue weighted by molar-refractivity contribution is 5.99. The lowest BCUT2D eigenvalue weighted by Gasteiger charge is -2.33. The van der Waals surface area contributed by atoms with Crippen molar-refractivity contribution in [3.05, 3.63) is 53.9 Å². The van der Waals surface area contributed by atoms with Crippen LogP contribution in [0.1, 0.15) is 48.8 Å². The van der Waals surface area contributed by atoms with Crippen LogP contribution in [0.3, 0.4) is 0 Å². The molecule has 35 heavy (non-hydrogen) atoms. The number of ether oxygens (including phenoxy) is 1. The molecule has 3 aromatic heterocycles. The Morgan fingerprint density at radius 3 is 2.66 bits per heavy atom. The van der Waals surface area contributed by atoms with E-state index < -0.39 is 0 Å². The van der Waals surface area contributed by atoms with Gasteiger partial charge in [0, 0.05) is 62.1 Å². The van der Waals surface area contributed by atoms with Crippen LogP contribution in [0.4, 0.5) is 0 Å². The highest BCUT2D eigenvalue weighted by Gasteiger charge is 2.36. The summed E-state index contributed by atoms with van der Waals surface area (Å²) >= 11 is 0. The molecule has 1 aromatic carbocycles. The Balaban J connectivity index is 1.56. The van der Waals surface area contributed by atoms with Crippen molar-refractivity contribution >= 4 is 16.7 Å². The van der Waals surface area contributed by atoms with Crippen LogP contribution in [0.2, 0.25) is 0 Å². The van der Waals surface area contributed by atoms with Gasteiger partial charge in [-0.2, -0.15) is 5.10 Å². The van der Waals surface area contributed by atoms with Crippen LogP contribution in [0.5, 0.6) is 0 Å². The summed E-state index contributed by atoms with van der Waals surface area (Å²) in [5, 5.41) is 6.48. The summed E-state index contributed by atoms with van der Waals surface area (Å²) in [5.41, 5.74) is 6.22. The first-order valence-electron chi connectivity index (χ1n) is 12.2. The van der Waals surface area contributed by atoms with Crippen LogP contribution in [0, 0.1) is 6.92 Å². The number of carbonyl (C=O) groups is 1. The molecule has 8 nitrogen and oxygen atoms in total. The Morgan fingerprint density at radius 1 is 1.11 bits per heavy atom. The Labute approximate surface area is 204 Å². The summed E-state index contributed by atoms with van der Waals surface area (Å²) in [6.07, 6.45) is 7.63. The third kappa shape index (κ3) is 3.55. The first kappa shape index (κ1) is 22.0. The van der Waals surface area contributed by atoms with Crippen molar-refractivity contribution in [3.8, 4) is 22.5 Å². The minimum absolute atomic E-state index is 0.132. The van der Waals surface area contributed by atoms with Gasteiger partial charge in [-0.1, -0.05) is 12.1 Å². The lowest BCUT2D eigenvalue weighted by Crippen LogP contribution is -2.40. The molecule has 0 bridgehead atoms. The molecule has 1 saturated heterocycles. The molecule has 0 saturated carbocycles. The van der Waals surface area contributed by atoms with Gasteiger partial charge in [0.05, 0.1) is 29.8 Å². The fourth-order valence-corrected chi connectivity index (χ4v) is 5.60. The summed E-state index contributed by atoms with van der Waals surface area (Å²) in [5.74, 6) is 1.44. The summed E-state index contributed by atoms with van der Waals surface area (Å²) < 4.78 is 9.62. The van der Waals surface area contributed by atoms with Crippen molar-refractivity contribution in [3.63, 3.8) is 0 Å². The van der Waals surface area contributed by atoms with Crippen LogP contribution in [-0.2, 0) is 23.1 Å². The van der Waals surface area contributed by atoms with Gasteiger partial charge in [0.25, 0.3) is 0 Å². The summed E-state index contributed by atoms with van der Waals surface area (Å²) in [6.45, 7) is 6.14. The largest absolute Gasteiger partial charge is 0.381 e. The number of fused-ring (bicyclic) bond motifs is 2. The normalized spacial score (nSPS) is 18.9. The van der Waals surface area contributed by atoms with Gasteiger partial charge in [-0.3, -0.25) is 14.5 Å². The molecule has 180 valence electrons. The number of imidazole rings is 1. The van der Waals surface area contributed by atoms with Crippen molar-refractivity contribution in [2.45, 2.75) is 45.2 Å². The Morgan fingerprint density at radius 2 is 1.91 bits per heavy atom. The second-order valence-corrected chi connectivity index (χ2v) is 9.84. The number of carbonyl (C=O) groups excluding carboxylic acids is 1. The SMILES string of the molecule is Cc1ccc2cc(-c3cnn(C)c3)ncc2c1-c1nc(C2CCOCC2)n2c1CN(C)C(=O)[C@@H]2C. The van der Waals surface area contributed by atoms with E-state index in [-0.39, 0.29) is 11.9 Å². The predicted octanol–water partition coefficient (Wildman–Crippen LogP) is 4.23. The van der Waals surface area contributed by atoms with Gasteiger partial charge in [0.1, 0.15) is 11.9 Å². The highest BCUT2D eigenvalue weighted by atomic mass is 16.5. The highest BCUT2D eigenvalue weighted by Crippen LogP contribution is 2.41. The second kappa shape index (κ2) is 8.30. The molecule has 0 aliphatic carbocycles. The molecule has 2 aliphatic rings. The van der Waals surface area contributed by atoms with Gasteiger partial charge in [-0.15, -0.1) is 0 Å². The number of amides is 1. The molecule has 8 heteroatoms. The molecule has 1 fully saturated rings. The lowest BCUT2D eigenvalue weighted by molar-refractivity contribution is -0.135. The van der Waals surface area contributed by atoms with Gasteiger partial charge >= 0.3 is 0 Å². The monoisotopic (exact) mass is 470 g/mol. The van der Waals surface area contributed by atoms with E-state index in [1.807, 2.05) is 44.5 Å². The van der Waals surface area contributed by atoms with Crippen molar-refractivity contribution in [1.82, 2.24) is 29.2 Å². The lowest BCUT2D eigenvalue weighted by atomic mass is 9.96. The molecule has 1 amide bonds. The zero-order valence-electron chi connectivity index (χ0n) is 20.7. The molecular weight excluding hydrogens is 440 g/mol. The van der Waals surface area contributed by atoms with Crippen molar-refractivity contribution < 1.29 is 9.53 Å². The number of likely N-dealkylation sites (N-methyl/N-ethyl adjacent to an activating group) is 1. The topological polar surface area (TPSA) is 78.1 Å². The molecule has 1 atom stereocenters. The predicted molar refractivity (Wildman–Crippen MR) is 134 cm³/mol. The molecule has 4 aromatic rings. The Kier molecular flexibility index (Phi) is 5.21. The first-order valence-corrected chi connectivity index (χ1v) is 12.2. The van der Waals surface area contributed by atoms with E-state index in [1.165, 1.54) is 0 Å². The van der Waals surface area contributed by atoms with Crippen molar-refractivity contribution in [1.29, 1.82) is 0 Å². The maximum atomic E-state index is 13.0. The number of hydrogen-bond acceptors (Lipinski definition) is 5. The molecule has 5 heterocycles. The van der Waals surface area contributed by atoms with E-state index in [2.05, 4.69) is 34.8 Å². The number of benzene rings is 1. The fourth-order valence-electron chi connectivity index (χ4n) is 5.60. The summed E-state index contributed by atoms with van der Waals surface area (Å²) in [6, 6.07) is 6.16. The van der Waals surface area contributed by atoms with E-state index in [9.17, 15) is 4.79 Å². The Bertz CT molecular complexity index is 1450. The Hall–Kier alpha value is -3.52. The third-order valence-electron chi connectivity index (χ3n) is 7.48. The van der Waals surface area contributed by atoms with Crippen LogP contribution in [0.25, 0.3) is 33.3 Å². The molecule has 6 rings (SSSR count). The van der Waals surface area contributed by atoms with Gasteiger partial charge in [-0.25, -0.2) is 4.98 Å². The minimum atomic E-state index is -0.270. The molecule has 0 spiro atoms. The smallest absolute Gasteiger partial charge is 0.245 e. The first-order chi connectivity index (χ1) is 16.9. The van der Waals surface area contributed by atoms with Crippen LogP contribution < -0.4 is 0 Å². The van der Waals surface area contributed by atoms with Gasteiger partial charge in [0.15, 0.2) is 0 Å². The number of hydrogen-bond donors (Lipinski definition) is 0. The zero-order chi connectivity index (χ0) is 24.3. The fraction of sp³-hybridized carbons (Fsp3) is 0.407. The van der Waals surface area contributed by atoms with E-state index >= 15 is 0 Å². The summed E-state index contributed by atoms with van der Waals surface area (Å²) in [4.78, 5) is 24.9. The maximum Gasteiger partial charge on any atom is 0.245 e. The molecule has 0 radical (unpaired) electrons. The van der Waals surface area contributed by atoms with Crippen molar-refractivity contribution in [2.24, 2.45) is 7.05 Å². The second-order valence-electron chi connectivity index (χ2n) is 9.84. The number of pyridine rings is 1. The number of aromatic nitrogens is 5. The standard InChI is InChI=1S/C27H30N6O2/c1-16-5-6-19-11-22(20-12-29-32(4)14-20)28-13-21(19)24(16)25-23-15-31(3)27(34)17(2)33(23)26(30-25)18-7-9-35-10-8-18/h5-6,11-14,17-18H,7-10,15H2,1-4H3/t17-/m0/s1. The summed E-state index contributed by atoms with van der Waals surface area (Å²) in [7, 11) is 3.79. The molecular formula is C27H30N6O2. The van der Waals surface area contributed by atoms with Crippen molar-refractivity contribution in [2.75, 3.05) is 20.3 Å².